The number of rotatable bonds is 5. The number of nitro groups is 1. The van der Waals surface area contributed by atoms with Gasteiger partial charge in [-0.2, -0.15) is 0 Å². The van der Waals surface area contributed by atoms with Crippen LogP contribution in [-0.4, -0.2) is 18.0 Å². The molecule has 0 fully saturated rings. The van der Waals surface area contributed by atoms with Gasteiger partial charge < -0.3 is 5.32 Å². The molecule has 0 unspecified atom stereocenters. The fraction of sp³-hybridized carbons (Fsp3) is 0.0769. The molecule has 1 N–H and O–H groups in total. The van der Waals surface area contributed by atoms with E-state index < -0.39 is 14.8 Å². The molecule has 0 bridgehead atoms. The second-order valence-corrected chi connectivity index (χ2v) is 7.44. The summed E-state index contributed by atoms with van der Waals surface area (Å²) in [6.07, 6.45) is 0. The summed E-state index contributed by atoms with van der Waals surface area (Å²) in [5, 5.41) is 14.0. The highest BCUT2D eigenvalue weighted by Crippen LogP contribution is 2.30. The van der Waals surface area contributed by atoms with E-state index in [0.717, 1.165) is 6.07 Å². The first-order valence-electron chi connectivity index (χ1n) is 5.83. The lowest BCUT2D eigenvalue weighted by Crippen LogP contribution is -2.04. The van der Waals surface area contributed by atoms with Crippen molar-refractivity contribution in [3.8, 4) is 0 Å². The zero-order valence-electron chi connectivity index (χ0n) is 10.7. The van der Waals surface area contributed by atoms with Crippen molar-refractivity contribution in [1.29, 1.82) is 0 Å². The first-order chi connectivity index (χ1) is 9.94. The molecule has 0 aliphatic rings. The van der Waals surface area contributed by atoms with E-state index in [0.29, 0.717) is 5.69 Å². The zero-order valence-corrected chi connectivity index (χ0v) is 13.1. The number of nitrogens with zero attached hydrogens (tertiary/aromatic N) is 1. The fourth-order valence-corrected chi connectivity index (χ4v) is 3.19. The number of nitro benzene ring substituents is 1. The van der Waals surface area contributed by atoms with Crippen molar-refractivity contribution < 1.29 is 13.3 Å². The summed E-state index contributed by atoms with van der Waals surface area (Å²) in [7, 11) is -3.56. The van der Waals surface area contributed by atoms with Crippen molar-refractivity contribution >= 4 is 42.8 Å². The largest absolute Gasteiger partial charge is 0.350 e. The Kier molecular flexibility index (Phi) is 4.59. The molecule has 0 atom stereocenters. The molecule has 6 nitrogen and oxygen atoms in total. The standard InChI is InChI=1S/C13H11BrN2O4S/c14-9-21(19,20)11-6-7-12(13(8-11)16(17)18)15-10-4-2-1-3-5-10/h1-8,15H,9H2. The van der Waals surface area contributed by atoms with Crippen molar-refractivity contribution in [1.82, 2.24) is 0 Å². The normalized spacial score (nSPS) is 11.1. The first kappa shape index (κ1) is 15.5. The van der Waals surface area contributed by atoms with Gasteiger partial charge in [0.1, 0.15) is 10.3 Å². The maximum atomic E-state index is 11.8. The summed E-state index contributed by atoms with van der Waals surface area (Å²) >= 11 is 2.87. The van der Waals surface area contributed by atoms with Crippen molar-refractivity contribution in [3.05, 3.63) is 58.6 Å². The lowest BCUT2D eigenvalue weighted by Gasteiger charge is -2.08. The van der Waals surface area contributed by atoms with E-state index in [9.17, 15) is 18.5 Å². The summed E-state index contributed by atoms with van der Waals surface area (Å²) in [6.45, 7) is 0. The zero-order chi connectivity index (χ0) is 15.5. The van der Waals surface area contributed by atoms with Gasteiger partial charge >= 0.3 is 0 Å². The van der Waals surface area contributed by atoms with Gasteiger partial charge in [-0.1, -0.05) is 34.1 Å². The third-order valence-electron chi connectivity index (χ3n) is 2.72. The summed E-state index contributed by atoms with van der Waals surface area (Å²) in [5.74, 6) is 0. The second kappa shape index (κ2) is 6.23. The number of benzene rings is 2. The predicted octanol–water partition coefficient (Wildman–Crippen LogP) is 3.46. The van der Waals surface area contributed by atoms with Crippen LogP contribution in [-0.2, 0) is 9.84 Å². The maximum absolute atomic E-state index is 11.8. The third-order valence-corrected chi connectivity index (χ3v) is 5.79. The second-order valence-electron chi connectivity index (χ2n) is 4.15. The number of halogens is 1. The number of hydrogen-bond acceptors (Lipinski definition) is 5. The molecule has 2 rings (SSSR count). The minimum atomic E-state index is -3.56. The number of hydrogen-bond donors (Lipinski definition) is 1. The Balaban J connectivity index is 2.46. The molecule has 0 aromatic heterocycles. The van der Waals surface area contributed by atoms with Crippen LogP contribution in [0.15, 0.2) is 53.4 Å². The highest BCUT2D eigenvalue weighted by Gasteiger charge is 2.20. The minimum absolute atomic E-state index is 0.0929. The number of sulfone groups is 1. The number of anilines is 2. The van der Waals surface area contributed by atoms with Crippen molar-refractivity contribution in [2.75, 3.05) is 9.98 Å². The summed E-state index contributed by atoms with van der Waals surface area (Å²) in [4.78, 5) is 10.4. The molecular weight excluding hydrogens is 360 g/mol. The van der Waals surface area contributed by atoms with E-state index in [2.05, 4.69) is 21.2 Å². The fourth-order valence-electron chi connectivity index (χ4n) is 1.70. The van der Waals surface area contributed by atoms with E-state index in [4.69, 9.17) is 0 Å². The van der Waals surface area contributed by atoms with Gasteiger partial charge in [0.25, 0.3) is 5.69 Å². The van der Waals surface area contributed by atoms with E-state index in [1.54, 1.807) is 24.3 Å². The molecule has 0 spiro atoms. The quantitative estimate of drug-likeness (QED) is 0.494. The van der Waals surface area contributed by atoms with Crippen molar-refractivity contribution in [3.63, 3.8) is 0 Å². The Morgan fingerprint density at radius 3 is 2.38 bits per heavy atom. The van der Waals surface area contributed by atoms with Gasteiger partial charge in [0.2, 0.25) is 0 Å². The lowest BCUT2D eigenvalue weighted by molar-refractivity contribution is -0.384. The topological polar surface area (TPSA) is 89.3 Å². The molecule has 0 amide bonds. The monoisotopic (exact) mass is 370 g/mol. The molecule has 21 heavy (non-hydrogen) atoms. The molecule has 0 aliphatic carbocycles. The highest BCUT2D eigenvalue weighted by molar-refractivity contribution is 9.10. The molecule has 8 heteroatoms. The first-order valence-corrected chi connectivity index (χ1v) is 8.60. The van der Waals surface area contributed by atoms with Crippen molar-refractivity contribution in [2.24, 2.45) is 0 Å². The van der Waals surface area contributed by atoms with Crippen LogP contribution in [0.1, 0.15) is 0 Å². The van der Waals surface area contributed by atoms with Crippen LogP contribution < -0.4 is 5.32 Å². The summed E-state index contributed by atoms with van der Waals surface area (Å²) < 4.78 is 23.2. The van der Waals surface area contributed by atoms with Crippen LogP contribution in [0.25, 0.3) is 0 Å². The van der Waals surface area contributed by atoms with E-state index >= 15 is 0 Å². The van der Waals surface area contributed by atoms with Gasteiger partial charge in [-0.05, 0) is 24.3 Å². The molecule has 2 aromatic carbocycles. The molecule has 0 aliphatic heterocycles. The van der Waals surface area contributed by atoms with Crippen LogP contribution in [0, 0.1) is 10.1 Å². The predicted molar refractivity (Wildman–Crippen MR) is 83.8 cm³/mol. The van der Waals surface area contributed by atoms with Crippen LogP contribution in [0.3, 0.4) is 0 Å². The smallest absolute Gasteiger partial charge is 0.293 e. The number of nitrogens with one attached hydrogen (secondary N) is 1. The van der Waals surface area contributed by atoms with E-state index in [1.807, 2.05) is 6.07 Å². The van der Waals surface area contributed by atoms with Crippen LogP contribution in [0.4, 0.5) is 17.1 Å². The van der Waals surface area contributed by atoms with Crippen LogP contribution in [0.2, 0.25) is 0 Å². The Hall–Kier alpha value is -1.93. The molecule has 0 saturated heterocycles. The maximum Gasteiger partial charge on any atom is 0.293 e. The Morgan fingerprint density at radius 1 is 1.14 bits per heavy atom. The lowest BCUT2D eigenvalue weighted by atomic mass is 10.2. The Morgan fingerprint density at radius 2 is 1.81 bits per heavy atom. The SMILES string of the molecule is O=[N+]([O-])c1cc(S(=O)(=O)CBr)ccc1Nc1ccccc1. The number of para-hydroxylation sites is 1. The van der Waals surface area contributed by atoms with Gasteiger partial charge in [0.05, 0.1) is 9.82 Å². The third kappa shape index (κ3) is 3.59. The van der Waals surface area contributed by atoms with Crippen molar-refractivity contribution in [2.45, 2.75) is 4.90 Å². The molecule has 0 heterocycles. The molecule has 0 saturated carbocycles. The summed E-state index contributed by atoms with van der Waals surface area (Å²) in [6, 6.07) is 12.7. The van der Waals surface area contributed by atoms with Crippen LogP contribution >= 0.6 is 15.9 Å². The molecule has 0 radical (unpaired) electrons. The number of alkyl halides is 1. The van der Waals surface area contributed by atoms with Gasteiger partial charge in [0, 0.05) is 11.8 Å². The minimum Gasteiger partial charge on any atom is -0.350 e. The average Bonchev–Trinajstić information content (AvgIpc) is 2.48. The van der Waals surface area contributed by atoms with Gasteiger partial charge in [-0.15, -0.1) is 0 Å². The van der Waals surface area contributed by atoms with Crippen LogP contribution in [0.5, 0.6) is 0 Å². The van der Waals surface area contributed by atoms with E-state index in [-0.39, 0.29) is 20.9 Å². The Labute approximate surface area is 130 Å². The highest BCUT2D eigenvalue weighted by atomic mass is 79.9. The summed E-state index contributed by atoms with van der Waals surface area (Å²) in [5.41, 5.74) is 0.622. The average molecular weight is 371 g/mol. The van der Waals surface area contributed by atoms with Gasteiger partial charge in [-0.25, -0.2) is 8.42 Å². The Bertz CT molecular complexity index is 763. The van der Waals surface area contributed by atoms with Gasteiger partial charge in [-0.3, -0.25) is 10.1 Å². The molecular formula is C13H11BrN2O4S. The molecule has 110 valence electrons. The van der Waals surface area contributed by atoms with Gasteiger partial charge in [0.15, 0.2) is 9.84 Å². The molecule has 2 aromatic rings. The van der Waals surface area contributed by atoms with E-state index in [1.165, 1.54) is 12.1 Å².